The maximum atomic E-state index is 5.35. The van der Waals surface area contributed by atoms with Gasteiger partial charge in [-0.3, -0.25) is 9.58 Å². The van der Waals surface area contributed by atoms with Crippen LogP contribution in [-0.4, -0.2) is 40.2 Å². The molecule has 1 aliphatic heterocycles. The third-order valence-corrected chi connectivity index (χ3v) is 4.37. The maximum absolute atomic E-state index is 5.35. The average molecular weight is 278 g/mol. The van der Waals surface area contributed by atoms with E-state index in [2.05, 4.69) is 32.7 Å². The van der Waals surface area contributed by atoms with Gasteiger partial charge in [0.05, 0.1) is 12.3 Å². The Morgan fingerprint density at radius 3 is 3.16 bits per heavy atom. The molecule has 0 radical (unpaired) electrons. The van der Waals surface area contributed by atoms with Gasteiger partial charge in [0.2, 0.25) is 0 Å². The van der Waals surface area contributed by atoms with Crippen LogP contribution in [0.4, 0.5) is 0 Å². The first-order chi connectivity index (χ1) is 9.28. The molecule has 5 nitrogen and oxygen atoms in total. The molecule has 1 atom stereocenters. The van der Waals surface area contributed by atoms with Crippen molar-refractivity contribution in [3.63, 3.8) is 0 Å². The summed E-state index contributed by atoms with van der Waals surface area (Å²) in [5.41, 5.74) is 2.32. The zero-order valence-corrected chi connectivity index (χ0v) is 12.1. The van der Waals surface area contributed by atoms with Crippen molar-refractivity contribution >= 4 is 11.3 Å². The second kappa shape index (κ2) is 5.40. The van der Waals surface area contributed by atoms with Gasteiger partial charge in [-0.25, -0.2) is 0 Å². The van der Waals surface area contributed by atoms with Crippen LogP contribution < -0.4 is 0 Å². The highest BCUT2D eigenvalue weighted by Gasteiger charge is 2.29. The SMILES string of the molecule is COC[C@@H]1CN(Cc2cccs2)Cc2nnn(C)c21. The molecule has 0 saturated carbocycles. The Balaban J connectivity index is 1.80. The van der Waals surface area contributed by atoms with Crippen molar-refractivity contribution in [2.75, 3.05) is 20.3 Å². The van der Waals surface area contributed by atoms with E-state index in [4.69, 9.17) is 4.74 Å². The lowest BCUT2D eigenvalue weighted by Crippen LogP contribution is -2.35. The van der Waals surface area contributed by atoms with Crippen molar-refractivity contribution in [2.45, 2.75) is 19.0 Å². The van der Waals surface area contributed by atoms with Gasteiger partial charge in [0.25, 0.3) is 0 Å². The van der Waals surface area contributed by atoms with Crippen molar-refractivity contribution < 1.29 is 4.74 Å². The summed E-state index contributed by atoms with van der Waals surface area (Å²) in [5.74, 6) is 0.355. The summed E-state index contributed by atoms with van der Waals surface area (Å²) in [6.45, 7) is 3.57. The predicted molar refractivity (Wildman–Crippen MR) is 74.1 cm³/mol. The van der Waals surface area contributed by atoms with Gasteiger partial charge >= 0.3 is 0 Å². The molecule has 6 heteroatoms. The Labute approximate surface area is 116 Å². The summed E-state index contributed by atoms with van der Waals surface area (Å²) in [5, 5.41) is 10.6. The maximum Gasteiger partial charge on any atom is 0.100 e. The summed E-state index contributed by atoms with van der Waals surface area (Å²) in [6, 6.07) is 4.28. The minimum absolute atomic E-state index is 0.355. The lowest BCUT2D eigenvalue weighted by Gasteiger charge is -2.31. The molecule has 19 heavy (non-hydrogen) atoms. The molecule has 1 aliphatic rings. The molecule has 0 unspecified atom stereocenters. The number of aryl methyl sites for hydroxylation is 1. The highest BCUT2D eigenvalue weighted by atomic mass is 32.1. The Bertz CT molecular complexity index is 537. The van der Waals surface area contributed by atoms with E-state index >= 15 is 0 Å². The molecule has 3 heterocycles. The zero-order valence-electron chi connectivity index (χ0n) is 11.2. The topological polar surface area (TPSA) is 43.2 Å². The summed E-state index contributed by atoms with van der Waals surface area (Å²) in [6.07, 6.45) is 0. The lowest BCUT2D eigenvalue weighted by atomic mass is 9.99. The number of nitrogens with zero attached hydrogens (tertiary/aromatic N) is 4. The number of aromatic nitrogens is 3. The van der Waals surface area contributed by atoms with Crippen LogP contribution in [0.25, 0.3) is 0 Å². The average Bonchev–Trinajstić information content (AvgIpc) is 3.00. The summed E-state index contributed by atoms with van der Waals surface area (Å²) in [7, 11) is 3.71. The summed E-state index contributed by atoms with van der Waals surface area (Å²) >= 11 is 1.80. The number of methoxy groups -OCH3 is 1. The van der Waals surface area contributed by atoms with Crippen LogP contribution in [0.1, 0.15) is 22.2 Å². The molecule has 0 amide bonds. The second-order valence-electron chi connectivity index (χ2n) is 4.95. The van der Waals surface area contributed by atoms with Gasteiger partial charge in [-0.1, -0.05) is 11.3 Å². The number of rotatable bonds is 4. The van der Waals surface area contributed by atoms with E-state index in [-0.39, 0.29) is 0 Å². The first kappa shape index (κ1) is 12.8. The van der Waals surface area contributed by atoms with Gasteiger partial charge in [-0.15, -0.1) is 16.4 Å². The van der Waals surface area contributed by atoms with Crippen LogP contribution in [0.5, 0.6) is 0 Å². The van der Waals surface area contributed by atoms with Gasteiger partial charge in [-0.2, -0.15) is 0 Å². The summed E-state index contributed by atoms with van der Waals surface area (Å²) in [4.78, 5) is 3.82. The van der Waals surface area contributed by atoms with Crippen LogP contribution in [0.15, 0.2) is 17.5 Å². The molecule has 0 saturated heterocycles. The van der Waals surface area contributed by atoms with Crippen molar-refractivity contribution in [2.24, 2.45) is 7.05 Å². The van der Waals surface area contributed by atoms with E-state index in [0.29, 0.717) is 5.92 Å². The molecule has 0 aliphatic carbocycles. The second-order valence-corrected chi connectivity index (χ2v) is 5.98. The minimum atomic E-state index is 0.355. The molecule has 102 valence electrons. The molecular formula is C13H18N4OS. The molecule has 0 aromatic carbocycles. The van der Waals surface area contributed by atoms with E-state index in [1.807, 2.05) is 11.7 Å². The standard InChI is InChI=1S/C13H18N4OS/c1-16-13-10(9-18-2)6-17(8-12(13)14-15-16)7-11-4-3-5-19-11/h3-5,10H,6-9H2,1-2H3/t10-/m0/s1. The molecular weight excluding hydrogens is 260 g/mol. The number of hydrogen-bond acceptors (Lipinski definition) is 5. The van der Waals surface area contributed by atoms with Gasteiger partial charge in [0.1, 0.15) is 5.69 Å². The fraction of sp³-hybridized carbons (Fsp3) is 0.538. The molecule has 0 bridgehead atoms. The Morgan fingerprint density at radius 2 is 2.42 bits per heavy atom. The monoisotopic (exact) mass is 278 g/mol. The number of hydrogen-bond donors (Lipinski definition) is 0. The largest absolute Gasteiger partial charge is 0.384 e. The predicted octanol–water partition coefficient (Wildman–Crippen LogP) is 1.62. The fourth-order valence-electron chi connectivity index (χ4n) is 2.77. The third kappa shape index (κ3) is 2.56. The minimum Gasteiger partial charge on any atom is -0.384 e. The third-order valence-electron chi connectivity index (χ3n) is 3.51. The van der Waals surface area contributed by atoms with Gasteiger partial charge in [0, 0.05) is 44.6 Å². The highest BCUT2D eigenvalue weighted by Crippen LogP contribution is 2.28. The van der Waals surface area contributed by atoms with Crippen molar-refractivity contribution in [3.05, 3.63) is 33.8 Å². The van der Waals surface area contributed by atoms with E-state index in [1.165, 1.54) is 10.6 Å². The van der Waals surface area contributed by atoms with Gasteiger partial charge in [-0.05, 0) is 11.4 Å². The Kier molecular flexibility index (Phi) is 3.63. The molecule has 0 fully saturated rings. The normalized spacial score (nSPS) is 19.6. The van der Waals surface area contributed by atoms with Crippen molar-refractivity contribution in [1.29, 1.82) is 0 Å². The van der Waals surface area contributed by atoms with Crippen LogP contribution in [-0.2, 0) is 24.9 Å². The zero-order chi connectivity index (χ0) is 13.2. The highest BCUT2D eigenvalue weighted by molar-refractivity contribution is 7.09. The Morgan fingerprint density at radius 1 is 1.53 bits per heavy atom. The van der Waals surface area contributed by atoms with E-state index in [9.17, 15) is 0 Å². The van der Waals surface area contributed by atoms with Crippen molar-refractivity contribution in [1.82, 2.24) is 19.9 Å². The van der Waals surface area contributed by atoms with Crippen LogP contribution in [0, 0.1) is 0 Å². The molecule has 0 spiro atoms. The quantitative estimate of drug-likeness (QED) is 0.852. The molecule has 3 rings (SSSR count). The molecule has 2 aromatic heterocycles. The Hall–Kier alpha value is -1.24. The van der Waals surface area contributed by atoms with Crippen LogP contribution in [0.2, 0.25) is 0 Å². The number of fused-ring (bicyclic) bond motifs is 1. The number of ether oxygens (including phenoxy) is 1. The molecule has 0 N–H and O–H groups in total. The van der Waals surface area contributed by atoms with E-state index in [1.54, 1.807) is 18.4 Å². The van der Waals surface area contributed by atoms with Gasteiger partial charge in [0.15, 0.2) is 0 Å². The molecule has 2 aromatic rings. The van der Waals surface area contributed by atoms with Crippen LogP contribution in [0.3, 0.4) is 0 Å². The van der Waals surface area contributed by atoms with Gasteiger partial charge < -0.3 is 4.74 Å². The van der Waals surface area contributed by atoms with E-state index < -0.39 is 0 Å². The van der Waals surface area contributed by atoms with Crippen molar-refractivity contribution in [3.8, 4) is 0 Å². The van der Waals surface area contributed by atoms with E-state index in [0.717, 1.165) is 31.9 Å². The summed E-state index contributed by atoms with van der Waals surface area (Å²) < 4.78 is 7.24. The smallest absolute Gasteiger partial charge is 0.100 e. The number of thiophene rings is 1. The first-order valence-corrected chi connectivity index (χ1v) is 7.28. The van der Waals surface area contributed by atoms with Crippen LogP contribution >= 0.6 is 11.3 Å². The fourth-order valence-corrected chi connectivity index (χ4v) is 3.52. The first-order valence-electron chi connectivity index (χ1n) is 6.40. The lowest BCUT2D eigenvalue weighted by molar-refractivity contribution is 0.132.